The number of rotatable bonds is 63. The molecule has 0 heterocycles. The fourth-order valence-electron chi connectivity index (χ4n) is 10.8. The fourth-order valence-corrected chi connectivity index (χ4v) is 10.8. The molecule has 0 bridgehead atoms. The molecule has 0 aromatic rings. The van der Waals surface area contributed by atoms with Crippen molar-refractivity contribution in [2.45, 2.75) is 398 Å². The van der Waals surface area contributed by atoms with Crippen LogP contribution < -0.4 is 5.32 Å². The second-order valence-electron chi connectivity index (χ2n) is 23.2. The Kier molecular flexibility index (Phi) is 61.4. The summed E-state index contributed by atoms with van der Waals surface area (Å²) >= 11 is 0. The highest BCUT2D eigenvalue weighted by molar-refractivity contribution is 5.76. The molecular formula is C66H131NO5. The van der Waals surface area contributed by atoms with Gasteiger partial charge in [0.25, 0.3) is 0 Å². The molecule has 2 unspecified atom stereocenters. The third-order valence-corrected chi connectivity index (χ3v) is 15.9. The van der Waals surface area contributed by atoms with Crippen LogP contribution in [-0.2, 0) is 14.3 Å². The lowest BCUT2D eigenvalue weighted by molar-refractivity contribution is -0.143. The van der Waals surface area contributed by atoms with Gasteiger partial charge >= 0.3 is 5.97 Å². The molecule has 0 rings (SSSR count). The molecule has 2 atom stereocenters. The molecule has 0 aromatic carbocycles. The largest absolute Gasteiger partial charge is 0.466 e. The number of carbonyl (C=O) groups excluding carboxylic acids is 2. The lowest BCUT2D eigenvalue weighted by atomic mass is 10.0. The van der Waals surface area contributed by atoms with E-state index in [0.717, 1.165) is 38.5 Å². The maximum absolute atomic E-state index is 12.5. The number of aliphatic hydroxyl groups excluding tert-OH is 2. The molecule has 0 aliphatic rings. The minimum absolute atomic E-state index is 0.0213. The van der Waals surface area contributed by atoms with E-state index in [-0.39, 0.29) is 18.5 Å². The first-order valence-corrected chi connectivity index (χ1v) is 33.3. The van der Waals surface area contributed by atoms with Crippen molar-refractivity contribution in [3.63, 3.8) is 0 Å². The van der Waals surface area contributed by atoms with Crippen LogP contribution in [0.15, 0.2) is 0 Å². The van der Waals surface area contributed by atoms with E-state index in [1.54, 1.807) is 0 Å². The molecular weight excluding hydrogens is 887 g/mol. The molecule has 1 amide bonds. The van der Waals surface area contributed by atoms with Gasteiger partial charge in [-0.15, -0.1) is 0 Å². The van der Waals surface area contributed by atoms with E-state index in [1.165, 1.54) is 315 Å². The Morgan fingerprint density at radius 3 is 0.847 bits per heavy atom. The van der Waals surface area contributed by atoms with E-state index in [0.29, 0.717) is 25.9 Å². The minimum Gasteiger partial charge on any atom is -0.466 e. The maximum Gasteiger partial charge on any atom is 0.305 e. The van der Waals surface area contributed by atoms with Gasteiger partial charge in [0.05, 0.1) is 25.4 Å². The molecule has 6 nitrogen and oxygen atoms in total. The maximum atomic E-state index is 12.5. The molecule has 72 heavy (non-hydrogen) atoms. The summed E-state index contributed by atoms with van der Waals surface area (Å²) in [4.78, 5) is 24.6. The average Bonchev–Trinajstić information content (AvgIpc) is 3.38. The molecule has 0 aromatic heterocycles. The van der Waals surface area contributed by atoms with Gasteiger partial charge in [0.1, 0.15) is 0 Å². The number of amides is 1. The zero-order chi connectivity index (χ0) is 52.2. The summed E-state index contributed by atoms with van der Waals surface area (Å²) in [5, 5.41) is 23.3. The van der Waals surface area contributed by atoms with E-state index >= 15 is 0 Å². The average molecular weight is 1020 g/mol. The van der Waals surface area contributed by atoms with Crippen LogP contribution in [-0.4, -0.2) is 47.4 Å². The molecule has 0 saturated carbocycles. The van der Waals surface area contributed by atoms with Gasteiger partial charge in [-0.1, -0.05) is 348 Å². The molecule has 0 aliphatic carbocycles. The summed E-state index contributed by atoms with van der Waals surface area (Å²) in [6.45, 7) is 4.99. The quantitative estimate of drug-likeness (QED) is 0.0417. The predicted molar refractivity (Wildman–Crippen MR) is 315 cm³/mol. The van der Waals surface area contributed by atoms with E-state index in [9.17, 15) is 19.8 Å². The Labute approximate surface area is 451 Å². The van der Waals surface area contributed by atoms with E-state index in [4.69, 9.17) is 4.74 Å². The van der Waals surface area contributed by atoms with Gasteiger partial charge in [-0.05, 0) is 25.7 Å². The second kappa shape index (κ2) is 62.4. The van der Waals surface area contributed by atoms with Crippen LogP contribution in [0.2, 0.25) is 0 Å². The normalized spacial score (nSPS) is 12.4. The third kappa shape index (κ3) is 58.1. The van der Waals surface area contributed by atoms with Crippen molar-refractivity contribution >= 4 is 11.9 Å². The van der Waals surface area contributed by atoms with Gasteiger partial charge in [0.15, 0.2) is 0 Å². The summed E-state index contributed by atoms with van der Waals surface area (Å²) in [5.41, 5.74) is 0. The van der Waals surface area contributed by atoms with Crippen molar-refractivity contribution < 1.29 is 24.5 Å². The Morgan fingerprint density at radius 2 is 0.569 bits per heavy atom. The molecule has 3 N–H and O–H groups in total. The van der Waals surface area contributed by atoms with Gasteiger partial charge in [0.2, 0.25) is 5.91 Å². The number of aliphatic hydroxyl groups is 2. The summed E-state index contributed by atoms with van der Waals surface area (Å²) in [6.07, 6.45) is 74.2. The molecule has 0 aliphatic heterocycles. The van der Waals surface area contributed by atoms with Gasteiger partial charge in [-0.3, -0.25) is 9.59 Å². The van der Waals surface area contributed by atoms with Gasteiger partial charge in [-0.2, -0.15) is 0 Å². The van der Waals surface area contributed by atoms with Crippen LogP contribution in [0, 0.1) is 0 Å². The van der Waals surface area contributed by atoms with Crippen LogP contribution in [0.25, 0.3) is 0 Å². The Hall–Kier alpha value is -1.14. The lowest BCUT2D eigenvalue weighted by Gasteiger charge is -2.22. The summed E-state index contributed by atoms with van der Waals surface area (Å²) < 4.78 is 5.50. The van der Waals surface area contributed by atoms with Gasteiger partial charge < -0.3 is 20.3 Å². The Bertz CT molecular complexity index is 1040. The summed E-state index contributed by atoms with van der Waals surface area (Å²) in [7, 11) is 0. The summed E-state index contributed by atoms with van der Waals surface area (Å²) in [6, 6.07) is -0.538. The van der Waals surface area contributed by atoms with Crippen molar-refractivity contribution in [3.05, 3.63) is 0 Å². The first-order chi connectivity index (χ1) is 35.5. The highest BCUT2D eigenvalue weighted by Crippen LogP contribution is 2.19. The van der Waals surface area contributed by atoms with Crippen LogP contribution in [0.3, 0.4) is 0 Å². The molecule has 6 heteroatoms. The van der Waals surface area contributed by atoms with Crippen LogP contribution in [0.1, 0.15) is 386 Å². The fraction of sp³-hybridized carbons (Fsp3) is 0.970. The number of hydrogen-bond acceptors (Lipinski definition) is 5. The highest BCUT2D eigenvalue weighted by Gasteiger charge is 2.20. The summed E-state index contributed by atoms with van der Waals surface area (Å²) in [5.74, 6) is -0.00837. The molecule has 0 radical (unpaired) electrons. The Morgan fingerprint density at radius 1 is 0.333 bits per heavy atom. The number of carbonyl (C=O) groups is 2. The monoisotopic (exact) mass is 1020 g/mol. The van der Waals surface area contributed by atoms with Gasteiger partial charge in [0, 0.05) is 12.8 Å². The van der Waals surface area contributed by atoms with Crippen molar-refractivity contribution in [1.82, 2.24) is 5.32 Å². The smallest absolute Gasteiger partial charge is 0.305 e. The lowest BCUT2D eigenvalue weighted by Crippen LogP contribution is -2.45. The van der Waals surface area contributed by atoms with Crippen LogP contribution in [0.4, 0.5) is 0 Å². The third-order valence-electron chi connectivity index (χ3n) is 15.9. The standard InChI is InChI=1S/C66H131NO5/c1-3-5-7-9-11-13-15-17-31-36-40-44-48-52-56-60-66(71)72-61-57-53-49-45-41-37-33-30-28-26-24-22-20-19-21-23-25-27-29-32-35-39-43-47-51-55-59-65(70)67-63(62-68)64(69)58-54-50-46-42-38-34-18-16-14-12-10-8-6-4-2/h63-64,68-69H,3-62H2,1-2H3,(H,67,70). The van der Waals surface area contributed by atoms with Crippen molar-refractivity contribution in [3.8, 4) is 0 Å². The molecule has 0 fully saturated rings. The van der Waals surface area contributed by atoms with Crippen LogP contribution in [0.5, 0.6) is 0 Å². The number of unbranched alkanes of at least 4 members (excludes halogenated alkanes) is 52. The minimum atomic E-state index is -0.661. The van der Waals surface area contributed by atoms with Crippen molar-refractivity contribution in [2.75, 3.05) is 13.2 Å². The SMILES string of the molecule is CCCCCCCCCCCCCCCCCC(=O)OCCCCCCCCCCCCCCCCCCCCCCCCCCCCC(=O)NC(CO)C(O)CCCCCCCCCCCCCCCC. The first kappa shape index (κ1) is 70.9. The number of nitrogens with one attached hydrogen (secondary N) is 1. The van der Waals surface area contributed by atoms with Crippen molar-refractivity contribution in [1.29, 1.82) is 0 Å². The van der Waals surface area contributed by atoms with Crippen molar-refractivity contribution in [2.24, 2.45) is 0 Å². The van der Waals surface area contributed by atoms with Crippen LogP contribution >= 0.6 is 0 Å². The van der Waals surface area contributed by atoms with E-state index in [1.807, 2.05) is 0 Å². The topological polar surface area (TPSA) is 95.9 Å². The van der Waals surface area contributed by atoms with E-state index in [2.05, 4.69) is 19.2 Å². The second-order valence-corrected chi connectivity index (χ2v) is 23.2. The Balaban J connectivity index is 3.32. The number of ether oxygens (including phenoxy) is 1. The first-order valence-electron chi connectivity index (χ1n) is 33.3. The number of hydrogen-bond donors (Lipinski definition) is 3. The van der Waals surface area contributed by atoms with E-state index < -0.39 is 12.1 Å². The zero-order valence-electron chi connectivity index (χ0n) is 49.2. The highest BCUT2D eigenvalue weighted by atomic mass is 16.5. The number of esters is 1. The van der Waals surface area contributed by atoms with Gasteiger partial charge in [-0.25, -0.2) is 0 Å². The zero-order valence-corrected chi connectivity index (χ0v) is 49.2. The predicted octanol–water partition coefficient (Wildman–Crippen LogP) is 21.0. The molecule has 430 valence electrons. The molecule has 0 spiro atoms. The molecule has 0 saturated heterocycles.